The average molecular weight is 420 g/mol. The fourth-order valence-corrected chi connectivity index (χ4v) is 3.84. The maximum atomic E-state index is 12.8. The van der Waals surface area contributed by atoms with Crippen LogP contribution < -0.4 is 25.2 Å². The molecule has 0 saturated carbocycles. The van der Waals surface area contributed by atoms with Crippen LogP contribution in [0.25, 0.3) is 11.4 Å². The molecule has 0 unspecified atom stereocenters. The third-order valence-corrected chi connectivity index (χ3v) is 5.52. The number of carbonyl (C=O) groups excluding carboxylic acids is 1. The minimum Gasteiger partial charge on any atom is -0.490 e. The van der Waals surface area contributed by atoms with Gasteiger partial charge < -0.3 is 25.2 Å². The van der Waals surface area contributed by atoms with Gasteiger partial charge in [-0.1, -0.05) is 0 Å². The molecule has 0 aliphatic carbocycles. The Bertz CT molecular complexity index is 1090. The van der Waals surface area contributed by atoms with E-state index in [0.717, 1.165) is 55.4 Å². The van der Waals surface area contributed by atoms with Gasteiger partial charge in [-0.15, -0.1) is 0 Å². The van der Waals surface area contributed by atoms with E-state index in [9.17, 15) is 4.79 Å². The molecule has 160 valence electrons. The molecule has 0 radical (unpaired) electrons. The fourth-order valence-electron chi connectivity index (χ4n) is 3.84. The van der Waals surface area contributed by atoms with Gasteiger partial charge in [0.1, 0.15) is 12.4 Å². The number of fused-ring (bicyclic) bond motifs is 1. The molecule has 31 heavy (non-hydrogen) atoms. The number of nitrogens with zero attached hydrogens (tertiary/aromatic N) is 5. The molecule has 10 nitrogen and oxygen atoms in total. The van der Waals surface area contributed by atoms with E-state index in [0.29, 0.717) is 18.1 Å². The van der Waals surface area contributed by atoms with Gasteiger partial charge in [0.2, 0.25) is 5.82 Å². The Labute approximate surface area is 179 Å². The molecule has 10 heteroatoms. The number of aromatic nitrogens is 4. The SMILES string of the molecule is CN1CCOc2cc(-c3n[nH]c(C(=O)Nc4cnccc4N4CCNCC4)n3)ccc21. The van der Waals surface area contributed by atoms with Crippen LogP contribution >= 0.6 is 0 Å². The number of amides is 1. The maximum absolute atomic E-state index is 12.8. The van der Waals surface area contributed by atoms with E-state index in [1.54, 1.807) is 12.4 Å². The number of pyridine rings is 1. The zero-order valence-corrected chi connectivity index (χ0v) is 17.3. The maximum Gasteiger partial charge on any atom is 0.293 e. The zero-order valence-electron chi connectivity index (χ0n) is 17.3. The number of hydrogen-bond acceptors (Lipinski definition) is 8. The summed E-state index contributed by atoms with van der Waals surface area (Å²) in [5.74, 6) is 1.01. The Kier molecular flexibility index (Phi) is 5.13. The predicted octanol–water partition coefficient (Wildman–Crippen LogP) is 1.36. The Morgan fingerprint density at radius 3 is 2.90 bits per heavy atom. The number of hydrogen-bond donors (Lipinski definition) is 3. The van der Waals surface area contributed by atoms with Crippen molar-refractivity contribution in [2.75, 3.05) is 61.5 Å². The summed E-state index contributed by atoms with van der Waals surface area (Å²) in [6, 6.07) is 7.73. The molecule has 1 saturated heterocycles. The number of benzene rings is 1. The van der Waals surface area contributed by atoms with Gasteiger partial charge in [0.05, 0.1) is 29.8 Å². The second-order valence-corrected chi connectivity index (χ2v) is 7.54. The molecule has 5 rings (SSSR count). The van der Waals surface area contributed by atoms with Gasteiger partial charge in [-0.2, -0.15) is 5.10 Å². The topological polar surface area (TPSA) is 111 Å². The average Bonchev–Trinajstić information content (AvgIpc) is 3.31. The molecule has 3 N–H and O–H groups in total. The summed E-state index contributed by atoms with van der Waals surface area (Å²) in [6.45, 7) is 5.03. The summed E-state index contributed by atoms with van der Waals surface area (Å²) in [5, 5.41) is 13.2. The van der Waals surface area contributed by atoms with Crippen LogP contribution in [0, 0.1) is 0 Å². The molecule has 1 fully saturated rings. The second-order valence-electron chi connectivity index (χ2n) is 7.54. The Morgan fingerprint density at radius 2 is 2.03 bits per heavy atom. The quantitative estimate of drug-likeness (QED) is 0.580. The lowest BCUT2D eigenvalue weighted by molar-refractivity contribution is 0.101. The van der Waals surface area contributed by atoms with Gasteiger partial charge in [-0.3, -0.25) is 14.9 Å². The van der Waals surface area contributed by atoms with Gasteiger partial charge in [0, 0.05) is 45.0 Å². The van der Waals surface area contributed by atoms with Crippen molar-refractivity contribution in [3.8, 4) is 17.1 Å². The molecule has 0 bridgehead atoms. The first-order chi connectivity index (χ1) is 15.2. The van der Waals surface area contributed by atoms with Gasteiger partial charge in [-0.05, 0) is 24.3 Å². The summed E-state index contributed by atoms with van der Waals surface area (Å²) in [5.41, 5.74) is 3.41. The van der Waals surface area contributed by atoms with Crippen molar-refractivity contribution in [3.63, 3.8) is 0 Å². The number of H-pyrrole nitrogens is 1. The minimum absolute atomic E-state index is 0.140. The smallest absolute Gasteiger partial charge is 0.293 e. The first-order valence-electron chi connectivity index (χ1n) is 10.3. The van der Waals surface area contributed by atoms with Crippen molar-refractivity contribution in [1.29, 1.82) is 0 Å². The van der Waals surface area contributed by atoms with Crippen LogP contribution in [0.3, 0.4) is 0 Å². The van der Waals surface area contributed by atoms with E-state index in [1.807, 2.05) is 31.3 Å². The van der Waals surface area contributed by atoms with E-state index < -0.39 is 0 Å². The Morgan fingerprint density at radius 1 is 1.16 bits per heavy atom. The summed E-state index contributed by atoms with van der Waals surface area (Å²) < 4.78 is 5.76. The molecule has 1 amide bonds. The Hall–Kier alpha value is -3.66. The van der Waals surface area contributed by atoms with Crippen molar-refractivity contribution in [1.82, 2.24) is 25.5 Å². The van der Waals surface area contributed by atoms with Gasteiger partial charge >= 0.3 is 0 Å². The van der Waals surface area contributed by atoms with Crippen molar-refractivity contribution < 1.29 is 9.53 Å². The van der Waals surface area contributed by atoms with Crippen molar-refractivity contribution >= 4 is 23.0 Å². The van der Waals surface area contributed by atoms with Crippen LogP contribution in [0.15, 0.2) is 36.7 Å². The third kappa shape index (κ3) is 3.89. The lowest BCUT2D eigenvalue weighted by atomic mass is 10.1. The number of likely N-dealkylation sites (N-methyl/N-ethyl adjacent to an activating group) is 1. The molecule has 4 heterocycles. The number of nitrogens with one attached hydrogen (secondary N) is 3. The number of carbonyl (C=O) groups is 1. The van der Waals surface area contributed by atoms with E-state index in [2.05, 4.69) is 40.6 Å². The highest BCUT2D eigenvalue weighted by atomic mass is 16.5. The molecule has 2 aliphatic rings. The summed E-state index contributed by atoms with van der Waals surface area (Å²) in [7, 11) is 2.03. The number of aromatic amines is 1. The molecular formula is C21H24N8O2. The minimum atomic E-state index is -0.364. The van der Waals surface area contributed by atoms with Crippen molar-refractivity contribution in [2.45, 2.75) is 0 Å². The van der Waals surface area contributed by atoms with Crippen LogP contribution in [0.5, 0.6) is 5.75 Å². The van der Waals surface area contributed by atoms with Crippen molar-refractivity contribution in [2.24, 2.45) is 0 Å². The van der Waals surface area contributed by atoms with Crippen molar-refractivity contribution in [3.05, 3.63) is 42.5 Å². The zero-order chi connectivity index (χ0) is 21.2. The second kappa shape index (κ2) is 8.23. The highest BCUT2D eigenvalue weighted by molar-refractivity contribution is 6.03. The highest BCUT2D eigenvalue weighted by Gasteiger charge is 2.20. The van der Waals surface area contributed by atoms with E-state index in [4.69, 9.17) is 4.74 Å². The first-order valence-corrected chi connectivity index (χ1v) is 10.3. The third-order valence-electron chi connectivity index (χ3n) is 5.52. The lowest BCUT2D eigenvalue weighted by Crippen LogP contribution is -2.43. The monoisotopic (exact) mass is 420 g/mol. The molecule has 2 aromatic heterocycles. The number of piperazine rings is 1. The normalized spacial score (nSPS) is 15.9. The van der Waals surface area contributed by atoms with Crippen LogP contribution in [-0.2, 0) is 0 Å². The summed E-state index contributed by atoms with van der Waals surface area (Å²) >= 11 is 0. The number of ether oxygens (including phenoxy) is 1. The van der Waals surface area contributed by atoms with Crippen LogP contribution in [0.2, 0.25) is 0 Å². The summed E-state index contributed by atoms with van der Waals surface area (Å²) in [6.07, 6.45) is 3.39. The standard InChI is InChI=1S/C21H24N8O2/c1-28-10-11-31-18-12-14(2-3-17(18)28)19-25-20(27-26-19)21(30)24-15-13-23-5-4-16(15)29-8-6-22-7-9-29/h2-5,12-13,22H,6-11H2,1H3,(H,24,30)(H,25,26,27). The van der Waals surface area contributed by atoms with Crippen LogP contribution in [0.1, 0.15) is 10.6 Å². The lowest BCUT2D eigenvalue weighted by Gasteiger charge is -2.30. The predicted molar refractivity (Wildman–Crippen MR) is 118 cm³/mol. The van der Waals surface area contributed by atoms with Crippen LogP contribution in [-0.4, -0.2) is 72.5 Å². The first kappa shape index (κ1) is 19.3. The molecule has 0 atom stereocenters. The molecule has 0 spiro atoms. The van der Waals surface area contributed by atoms with Gasteiger partial charge in [-0.25, -0.2) is 4.98 Å². The summed E-state index contributed by atoms with van der Waals surface area (Å²) in [4.78, 5) is 25.8. The molecule has 2 aliphatic heterocycles. The van der Waals surface area contributed by atoms with E-state index in [-0.39, 0.29) is 11.7 Å². The number of anilines is 3. The van der Waals surface area contributed by atoms with Gasteiger partial charge in [0.15, 0.2) is 5.82 Å². The number of rotatable bonds is 4. The van der Waals surface area contributed by atoms with E-state index in [1.165, 1.54) is 0 Å². The highest BCUT2D eigenvalue weighted by Crippen LogP contribution is 2.34. The largest absolute Gasteiger partial charge is 0.490 e. The molecule has 3 aromatic rings. The molecule has 1 aromatic carbocycles. The fraction of sp³-hybridized carbons (Fsp3) is 0.333. The van der Waals surface area contributed by atoms with E-state index >= 15 is 0 Å². The molecular weight excluding hydrogens is 396 g/mol. The Balaban J connectivity index is 1.35. The van der Waals surface area contributed by atoms with Crippen LogP contribution in [0.4, 0.5) is 17.1 Å². The van der Waals surface area contributed by atoms with Gasteiger partial charge in [0.25, 0.3) is 5.91 Å².